The largest absolute Gasteiger partial charge is 0.465 e. The molecule has 0 saturated heterocycles. The molecule has 1 N–H and O–H groups in total. The Hall–Kier alpha value is -3.22. The minimum Gasteiger partial charge on any atom is -0.465 e. The summed E-state index contributed by atoms with van der Waals surface area (Å²) in [6.07, 6.45) is -0.152. The van der Waals surface area contributed by atoms with Crippen molar-refractivity contribution in [3.8, 4) is 11.5 Å². The second-order valence-corrected chi connectivity index (χ2v) is 8.30. The number of ether oxygens (including phenoxy) is 2. The number of hydrogen-bond donors (Lipinski definition) is 1. The highest BCUT2D eigenvalue weighted by Gasteiger charge is 2.38. The molecule has 0 bridgehead atoms. The van der Waals surface area contributed by atoms with E-state index in [-0.39, 0.29) is 12.7 Å². The molecule has 2 aromatic carbocycles. The summed E-state index contributed by atoms with van der Waals surface area (Å²) in [4.78, 5) is 28.4. The maximum atomic E-state index is 13.5. The van der Waals surface area contributed by atoms with Crippen LogP contribution in [0.5, 0.6) is 11.5 Å². The van der Waals surface area contributed by atoms with Gasteiger partial charge in [-0.15, -0.1) is 0 Å². The van der Waals surface area contributed by atoms with Gasteiger partial charge in [0.25, 0.3) is 0 Å². The van der Waals surface area contributed by atoms with Crippen LogP contribution in [0.2, 0.25) is 0 Å². The van der Waals surface area contributed by atoms with E-state index in [1.165, 1.54) is 9.80 Å². The Morgan fingerprint density at radius 1 is 1.07 bits per heavy atom. The van der Waals surface area contributed by atoms with E-state index in [0.29, 0.717) is 30.0 Å². The molecular weight excluding hydrogens is 384 g/mol. The number of amides is 2. The van der Waals surface area contributed by atoms with Gasteiger partial charge in [-0.1, -0.05) is 30.3 Å². The number of carbonyl (C=O) groups is 2. The molecule has 0 aromatic heterocycles. The lowest BCUT2D eigenvalue weighted by atomic mass is 9.97. The topological polar surface area (TPSA) is 79.3 Å². The number of likely N-dealkylation sites (N-methyl/N-ethyl adjacent to an activating group) is 1. The van der Waals surface area contributed by atoms with Gasteiger partial charge < -0.3 is 19.5 Å². The summed E-state index contributed by atoms with van der Waals surface area (Å²) >= 11 is 0. The predicted octanol–water partition coefficient (Wildman–Crippen LogP) is 4.16. The van der Waals surface area contributed by atoms with Gasteiger partial charge in [-0.2, -0.15) is 0 Å². The van der Waals surface area contributed by atoms with Crippen LogP contribution < -0.4 is 14.4 Å². The maximum Gasteiger partial charge on any atom is 0.408 e. The Bertz CT molecular complexity index is 908. The molecule has 30 heavy (non-hydrogen) atoms. The second kappa shape index (κ2) is 8.65. The van der Waals surface area contributed by atoms with Crippen LogP contribution in [0, 0.1) is 0 Å². The minimum absolute atomic E-state index is 0.146. The van der Waals surface area contributed by atoms with E-state index in [1.807, 2.05) is 30.3 Å². The van der Waals surface area contributed by atoms with E-state index in [2.05, 4.69) is 0 Å². The molecule has 1 aliphatic heterocycles. The number of carbonyl (C=O) groups excluding carboxylic acids is 1. The van der Waals surface area contributed by atoms with Crippen molar-refractivity contribution in [2.45, 2.75) is 45.2 Å². The molecule has 1 atom stereocenters. The fraction of sp³-hybridized carbons (Fsp3) is 0.391. The van der Waals surface area contributed by atoms with E-state index in [9.17, 15) is 14.7 Å². The van der Waals surface area contributed by atoms with Crippen molar-refractivity contribution in [1.82, 2.24) is 4.90 Å². The Morgan fingerprint density at radius 3 is 2.37 bits per heavy atom. The summed E-state index contributed by atoms with van der Waals surface area (Å²) in [7, 11) is 1.65. The number of nitrogens with zero attached hydrogens (tertiary/aromatic N) is 2. The van der Waals surface area contributed by atoms with Crippen LogP contribution in [-0.4, -0.2) is 47.4 Å². The third-order valence-electron chi connectivity index (χ3n) is 5.15. The van der Waals surface area contributed by atoms with Gasteiger partial charge in [-0.05, 0) is 51.3 Å². The van der Waals surface area contributed by atoms with Crippen molar-refractivity contribution in [1.29, 1.82) is 0 Å². The Morgan fingerprint density at radius 2 is 1.73 bits per heavy atom. The van der Waals surface area contributed by atoms with E-state index < -0.39 is 17.7 Å². The van der Waals surface area contributed by atoms with Crippen molar-refractivity contribution >= 4 is 17.7 Å². The van der Waals surface area contributed by atoms with Crippen LogP contribution in [0.3, 0.4) is 0 Å². The first-order valence-electron chi connectivity index (χ1n) is 9.92. The van der Waals surface area contributed by atoms with Crippen LogP contribution in [0.15, 0.2) is 48.5 Å². The van der Waals surface area contributed by atoms with Crippen molar-refractivity contribution in [2.24, 2.45) is 0 Å². The number of hydrogen-bond acceptors (Lipinski definition) is 4. The number of fused-ring (bicyclic) bond motifs is 1. The summed E-state index contributed by atoms with van der Waals surface area (Å²) < 4.78 is 10.7. The predicted molar refractivity (Wildman–Crippen MR) is 114 cm³/mol. The molecule has 0 aliphatic carbocycles. The SMILES string of the molecule is CN(C(=O)C(CCc1ccccc1)N(C(=O)O)C(C)(C)C)c1ccc2c(c1)OCO2. The molecule has 0 saturated carbocycles. The van der Waals surface area contributed by atoms with Crippen LogP contribution in [0.25, 0.3) is 0 Å². The highest BCUT2D eigenvalue weighted by molar-refractivity contribution is 5.98. The molecule has 2 amide bonds. The van der Waals surface area contributed by atoms with Gasteiger partial charge in [0, 0.05) is 24.3 Å². The van der Waals surface area contributed by atoms with Crippen molar-refractivity contribution in [3.05, 3.63) is 54.1 Å². The van der Waals surface area contributed by atoms with Crippen LogP contribution in [-0.2, 0) is 11.2 Å². The highest BCUT2D eigenvalue weighted by Crippen LogP contribution is 2.35. The molecule has 0 spiro atoms. The van der Waals surface area contributed by atoms with Crippen molar-refractivity contribution in [3.63, 3.8) is 0 Å². The molecule has 2 aromatic rings. The van der Waals surface area contributed by atoms with Gasteiger partial charge in [0.2, 0.25) is 12.7 Å². The zero-order chi connectivity index (χ0) is 21.9. The molecule has 1 unspecified atom stereocenters. The molecule has 1 aliphatic rings. The normalized spacial score (nSPS) is 13.6. The van der Waals surface area contributed by atoms with E-state index in [0.717, 1.165) is 5.56 Å². The average molecular weight is 412 g/mol. The summed E-state index contributed by atoms with van der Waals surface area (Å²) in [6, 6.07) is 14.2. The lowest BCUT2D eigenvalue weighted by Gasteiger charge is -2.40. The quantitative estimate of drug-likeness (QED) is 0.771. The Labute approximate surface area is 176 Å². The first-order chi connectivity index (χ1) is 14.2. The summed E-state index contributed by atoms with van der Waals surface area (Å²) in [5.41, 5.74) is 0.937. The van der Waals surface area contributed by atoms with Gasteiger partial charge in [0.05, 0.1) is 0 Å². The summed E-state index contributed by atoms with van der Waals surface area (Å²) in [5.74, 6) is 0.906. The Balaban J connectivity index is 1.89. The first kappa shape index (κ1) is 21.5. The zero-order valence-corrected chi connectivity index (χ0v) is 17.8. The lowest BCUT2D eigenvalue weighted by Crippen LogP contribution is -2.57. The van der Waals surface area contributed by atoms with Crippen molar-refractivity contribution in [2.75, 3.05) is 18.7 Å². The maximum absolute atomic E-state index is 13.5. The van der Waals surface area contributed by atoms with Gasteiger partial charge >= 0.3 is 6.09 Å². The molecule has 1 heterocycles. The number of carboxylic acid groups (broad SMARTS) is 1. The highest BCUT2D eigenvalue weighted by atomic mass is 16.7. The summed E-state index contributed by atoms with van der Waals surface area (Å²) in [6.45, 7) is 5.53. The monoisotopic (exact) mass is 412 g/mol. The fourth-order valence-corrected chi connectivity index (χ4v) is 3.64. The second-order valence-electron chi connectivity index (χ2n) is 8.30. The standard InChI is InChI=1S/C23H28N2O5/c1-23(2,3)25(22(27)28)18(12-10-16-8-6-5-7-9-16)21(26)24(4)17-11-13-19-20(14-17)30-15-29-19/h5-9,11,13-14,18H,10,12,15H2,1-4H3,(H,27,28). The van der Waals surface area contributed by atoms with Gasteiger partial charge in [0.1, 0.15) is 6.04 Å². The minimum atomic E-state index is -1.12. The molecule has 0 fully saturated rings. The number of rotatable bonds is 6. The first-order valence-corrected chi connectivity index (χ1v) is 9.92. The molecular formula is C23H28N2O5. The Kier molecular flexibility index (Phi) is 6.20. The van der Waals surface area contributed by atoms with Crippen molar-refractivity contribution < 1.29 is 24.2 Å². The zero-order valence-electron chi connectivity index (χ0n) is 17.8. The van der Waals surface area contributed by atoms with E-state index in [4.69, 9.17) is 9.47 Å². The number of anilines is 1. The smallest absolute Gasteiger partial charge is 0.408 e. The van der Waals surface area contributed by atoms with Crippen LogP contribution >= 0.6 is 0 Å². The van der Waals surface area contributed by atoms with Gasteiger partial charge in [-0.25, -0.2) is 4.79 Å². The molecule has 3 rings (SSSR count). The van der Waals surface area contributed by atoms with E-state index >= 15 is 0 Å². The summed E-state index contributed by atoms with van der Waals surface area (Å²) in [5, 5.41) is 9.92. The number of benzene rings is 2. The third-order valence-corrected chi connectivity index (χ3v) is 5.15. The molecule has 7 nitrogen and oxygen atoms in total. The molecule has 160 valence electrons. The molecule has 0 radical (unpaired) electrons. The number of aryl methyl sites for hydroxylation is 1. The van der Waals surface area contributed by atoms with Gasteiger partial charge in [0.15, 0.2) is 11.5 Å². The third kappa shape index (κ3) is 4.67. The van der Waals surface area contributed by atoms with Gasteiger partial charge in [-0.3, -0.25) is 9.69 Å². The molecule has 7 heteroatoms. The van der Waals surface area contributed by atoms with Crippen LogP contribution in [0.4, 0.5) is 10.5 Å². The fourth-order valence-electron chi connectivity index (χ4n) is 3.64. The van der Waals surface area contributed by atoms with Crippen LogP contribution in [0.1, 0.15) is 32.8 Å². The lowest BCUT2D eigenvalue weighted by molar-refractivity contribution is -0.125. The van der Waals surface area contributed by atoms with E-state index in [1.54, 1.807) is 46.0 Å². The average Bonchev–Trinajstić information content (AvgIpc) is 3.17.